The van der Waals surface area contributed by atoms with Crippen LogP contribution in [0.15, 0.2) is 30.5 Å². The van der Waals surface area contributed by atoms with E-state index in [9.17, 15) is 17.6 Å². The fourth-order valence-electron chi connectivity index (χ4n) is 1.72. The number of hydrogen-bond acceptors (Lipinski definition) is 4. The molecule has 0 aliphatic rings. The summed E-state index contributed by atoms with van der Waals surface area (Å²) in [4.78, 5) is 11.8. The van der Waals surface area contributed by atoms with Crippen molar-refractivity contribution in [3.8, 4) is 5.69 Å². The first kappa shape index (κ1) is 14.2. The van der Waals surface area contributed by atoms with E-state index in [4.69, 9.17) is 0 Å². The minimum absolute atomic E-state index is 0.0682. The van der Waals surface area contributed by atoms with Gasteiger partial charge in [-0.1, -0.05) is 12.1 Å². The van der Waals surface area contributed by atoms with Crippen molar-refractivity contribution in [2.75, 3.05) is 6.26 Å². The summed E-state index contributed by atoms with van der Waals surface area (Å²) in [5.74, 6) is -1.29. The van der Waals surface area contributed by atoms with E-state index in [1.807, 2.05) is 4.72 Å². The van der Waals surface area contributed by atoms with Crippen LogP contribution in [-0.4, -0.2) is 30.4 Å². The van der Waals surface area contributed by atoms with E-state index in [0.717, 1.165) is 6.26 Å². The highest BCUT2D eigenvalue weighted by Gasteiger charge is 2.18. The molecule has 0 aliphatic carbocycles. The number of benzene rings is 1. The molecule has 0 aliphatic heterocycles. The molecule has 0 saturated heterocycles. The summed E-state index contributed by atoms with van der Waals surface area (Å²) in [5.41, 5.74) is 0.596. The molecular weight excluding hydrogens is 285 g/mol. The van der Waals surface area contributed by atoms with E-state index in [-0.39, 0.29) is 11.3 Å². The van der Waals surface area contributed by atoms with E-state index in [0.29, 0.717) is 5.69 Å². The largest absolute Gasteiger partial charge is 0.268 e. The maximum Gasteiger partial charge on any atom is 0.268 e. The fraction of sp³-hybridized carbons (Fsp3) is 0.167. The second-order valence-electron chi connectivity index (χ2n) is 4.21. The molecule has 1 amide bonds. The van der Waals surface area contributed by atoms with E-state index in [1.54, 1.807) is 13.0 Å². The van der Waals surface area contributed by atoms with E-state index < -0.39 is 21.7 Å². The molecule has 0 atom stereocenters. The van der Waals surface area contributed by atoms with Crippen LogP contribution in [0, 0.1) is 12.7 Å². The maximum absolute atomic E-state index is 13.7. The van der Waals surface area contributed by atoms with Crippen molar-refractivity contribution in [3.63, 3.8) is 0 Å². The molecule has 0 radical (unpaired) electrons. The Hall–Kier alpha value is -2.22. The van der Waals surface area contributed by atoms with E-state index in [2.05, 4.69) is 5.10 Å². The van der Waals surface area contributed by atoms with Crippen LogP contribution < -0.4 is 4.72 Å². The maximum atomic E-state index is 13.7. The lowest BCUT2D eigenvalue weighted by Crippen LogP contribution is -2.29. The second kappa shape index (κ2) is 5.04. The topological polar surface area (TPSA) is 81.1 Å². The van der Waals surface area contributed by atoms with Gasteiger partial charge in [0.05, 0.1) is 23.7 Å². The molecular formula is C12H12FN3O3S. The number of amides is 1. The molecule has 0 saturated carbocycles. The molecule has 0 fully saturated rings. The minimum atomic E-state index is -3.66. The Morgan fingerprint density at radius 1 is 1.35 bits per heavy atom. The van der Waals surface area contributed by atoms with Crippen LogP contribution in [0.3, 0.4) is 0 Å². The standard InChI is InChI=1S/C12H12FN3O3S/c1-8-9(12(17)15-20(2,18)19)7-14-16(8)11-6-4-3-5-10(11)13/h3-7H,1-2H3,(H,15,17). The van der Waals surface area contributed by atoms with Gasteiger partial charge >= 0.3 is 0 Å². The zero-order valence-corrected chi connectivity index (χ0v) is 11.6. The van der Waals surface area contributed by atoms with Crippen molar-refractivity contribution in [3.05, 3.63) is 47.5 Å². The second-order valence-corrected chi connectivity index (χ2v) is 5.96. The number of sulfonamides is 1. The lowest BCUT2D eigenvalue weighted by molar-refractivity contribution is 0.0981. The van der Waals surface area contributed by atoms with Gasteiger partial charge in [0.1, 0.15) is 11.5 Å². The zero-order valence-electron chi connectivity index (χ0n) is 10.8. The summed E-state index contributed by atoms with van der Waals surface area (Å²) in [6.45, 7) is 1.55. The average molecular weight is 297 g/mol. The number of carbonyl (C=O) groups is 1. The number of aromatic nitrogens is 2. The van der Waals surface area contributed by atoms with E-state index in [1.165, 1.54) is 29.1 Å². The van der Waals surface area contributed by atoms with Crippen LogP contribution >= 0.6 is 0 Å². The molecule has 8 heteroatoms. The molecule has 0 bridgehead atoms. The van der Waals surface area contributed by atoms with Crippen LogP contribution in [0.25, 0.3) is 5.69 Å². The predicted octanol–water partition coefficient (Wildman–Crippen LogP) is 1.01. The van der Waals surface area contributed by atoms with Crippen LogP contribution in [0.4, 0.5) is 4.39 Å². The average Bonchev–Trinajstić information content (AvgIpc) is 2.69. The molecule has 2 rings (SSSR count). The highest BCUT2D eigenvalue weighted by atomic mass is 32.2. The van der Waals surface area contributed by atoms with Gasteiger partial charge in [-0.15, -0.1) is 0 Å². The van der Waals surface area contributed by atoms with Crippen LogP contribution in [0.5, 0.6) is 0 Å². The summed E-state index contributed by atoms with van der Waals surface area (Å²) in [6.07, 6.45) is 2.07. The lowest BCUT2D eigenvalue weighted by Gasteiger charge is -2.06. The summed E-state index contributed by atoms with van der Waals surface area (Å²) in [5, 5.41) is 3.92. The van der Waals surface area contributed by atoms with Gasteiger partial charge in [-0.25, -0.2) is 22.2 Å². The molecule has 1 N–H and O–H groups in total. The van der Waals surface area contributed by atoms with Gasteiger partial charge in [0.2, 0.25) is 10.0 Å². The van der Waals surface area contributed by atoms with Gasteiger partial charge in [0.15, 0.2) is 0 Å². The summed E-state index contributed by atoms with van der Waals surface area (Å²) in [6, 6.07) is 5.95. The molecule has 1 aromatic carbocycles. The first-order valence-corrected chi connectivity index (χ1v) is 7.50. The lowest BCUT2D eigenvalue weighted by atomic mass is 10.2. The molecule has 1 heterocycles. The van der Waals surface area contributed by atoms with Gasteiger partial charge in [-0.2, -0.15) is 5.10 Å². The molecule has 106 valence electrons. The first-order chi connectivity index (χ1) is 9.29. The van der Waals surface area contributed by atoms with Crippen molar-refractivity contribution >= 4 is 15.9 Å². The van der Waals surface area contributed by atoms with Gasteiger partial charge < -0.3 is 0 Å². The fourth-order valence-corrected chi connectivity index (χ4v) is 2.17. The molecule has 2 aromatic rings. The van der Waals surface area contributed by atoms with Gasteiger partial charge in [-0.05, 0) is 19.1 Å². The van der Waals surface area contributed by atoms with Gasteiger partial charge in [0, 0.05) is 0 Å². The van der Waals surface area contributed by atoms with Crippen molar-refractivity contribution in [2.24, 2.45) is 0 Å². The van der Waals surface area contributed by atoms with Crippen molar-refractivity contribution in [1.29, 1.82) is 0 Å². The summed E-state index contributed by atoms with van der Waals surface area (Å²) >= 11 is 0. The van der Waals surface area contributed by atoms with Gasteiger partial charge in [-0.3, -0.25) is 4.79 Å². The highest BCUT2D eigenvalue weighted by Crippen LogP contribution is 2.17. The Kier molecular flexibility index (Phi) is 3.58. The summed E-state index contributed by atoms with van der Waals surface area (Å²) < 4.78 is 38.8. The Labute approximate surface area is 115 Å². The number of hydrogen-bond donors (Lipinski definition) is 1. The SMILES string of the molecule is Cc1c(C(=O)NS(C)(=O)=O)cnn1-c1ccccc1F. The minimum Gasteiger partial charge on any atom is -0.268 e. The normalized spacial score (nSPS) is 11.3. The van der Waals surface area contributed by atoms with Crippen molar-refractivity contribution in [2.45, 2.75) is 6.92 Å². The Balaban J connectivity index is 2.42. The number of rotatable bonds is 3. The zero-order chi connectivity index (χ0) is 14.9. The van der Waals surface area contributed by atoms with Crippen LogP contribution in [-0.2, 0) is 10.0 Å². The Morgan fingerprint density at radius 2 is 2.00 bits per heavy atom. The molecule has 1 aromatic heterocycles. The number of para-hydroxylation sites is 1. The smallest absolute Gasteiger partial charge is 0.268 e. The molecule has 20 heavy (non-hydrogen) atoms. The third-order valence-corrected chi connectivity index (χ3v) is 3.17. The van der Waals surface area contributed by atoms with Crippen LogP contribution in [0.1, 0.15) is 16.1 Å². The Bertz CT molecular complexity index is 768. The number of carbonyl (C=O) groups excluding carboxylic acids is 1. The number of nitrogens with zero attached hydrogens (tertiary/aromatic N) is 2. The molecule has 6 nitrogen and oxygen atoms in total. The third kappa shape index (κ3) is 2.85. The number of halogens is 1. The third-order valence-electron chi connectivity index (χ3n) is 2.61. The number of nitrogens with one attached hydrogen (secondary N) is 1. The predicted molar refractivity (Wildman–Crippen MR) is 70.6 cm³/mol. The van der Waals surface area contributed by atoms with E-state index >= 15 is 0 Å². The first-order valence-electron chi connectivity index (χ1n) is 5.61. The highest BCUT2D eigenvalue weighted by molar-refractivity contribution is 7.89. The van der Waals surface area contributed by atoms with Crippen molar-refractivity contribution in [1.82, 2.24) is 14.5 Å². The summed E-state index contributed by atoms with van der Waals surface area (Å²) in [7, 11) is -3.66. The molecule has 0 spiro atoms. The Morgan fingerprint density at radius 3 is 2.60 bits per heavy atom. The molecule has 0 unspecified atom stereocenters. The van der Waals surface area contributed by atoms with Crippen LogP contribution in [0.2, 0.25) is 0 Å². The monoisotopic (exact) mass is 297 g/mol. The van der Waals surface area contributed by atoms with Gasteiger partial charge in [0.25, 0.3) is 5.91 Å². The van der Waals surface area contributed by atoms with Crippen molar-refractivity contribution < 1.29 is 17.6 Å². The quantitative estimate of drug-likeness (QED) is 0.916.